The molecule has 1 rings (SSSR count). The Morgan fingerprint density at radius 1 is 1.61 bits per heavy atom. The van der Waals surface area contributed by atoms with Crippen molar-refractivity contribution in [2.75, 3.05) is 25.6 Å². The first kappa shape index (κ1) is 14.0. The molecule has 6 heteroatoms. The molecule has 0 aliphatic rings. The van der Waals surface area contributed by atoms with Gasteiger partial charge in [-0.2, -0.15) is 5.26 Å². The number of amides is 2. The largest absolute Gasteiger partial charge is 0.394 e. The van der Waals surface area contributed by atoms with Crippen LogP contribution in [0.3, 0.4) is 0 Å². The van der Waals surface area contributed by atoms with E-state index in [4.69, 9.17) is 15.1 Å². The number of hydrogen-bond acceptors (Lipinski definition) is 4. The maximum atomic E-state index is 11.6. The summed E-state index contributed by atoms with van der Waals surface area (Å²) < 4.78 is 4.84. The van der Waals surface area contributed by atoms with Gasteiger partial charge in [0.2, 0.25) is 0 Å². The van der Waals surface area contributed by atoms with Crippen molar-refractivity contribution in [3.05, 3.63) is 29.8 Å². The average Bonchev–Trinajstić information content (AvgIpc) is 2.38. The van der Waals surface area contributed by atoms with Crippen LogP contribution in [0, 0.1) is 11.3 Å². The van der Waals surface area contributed by atoms with Gasteiger partial charge in [0.25, 0.3) is 0 Å². The van der Waals surface area contributed by atoms with Crippen molar-refractivity contribution in [2.24, 2.45) is 0 Å². The lowest BCUT2D eigenvalue weighted by atomic mass is 10.2. The summed E-state index contributed by atoms with van der Waals surface area (Å²) in [6.07, 6.45) is 0. The van der Waals surface area contributed by atoms with Gasteiger partial charge in [0.05, 0.1) is 30.9 Å². The second kappa shape index (κ2) is 7.27. The summed E-state index contributed by atoms with van der Waals surface area (Å²) in [6.45, 7) is 0.0155. The number of nitriles is 1. The Morgan fingerprint density at radius 2 is 2.39 bits per heavy atom. The molecule has 1 aromatic carbocycles. The number of aliphatic hydroxyl groups excluding tert-OH is 1. The number of carbonyl (C=O) groups excluding carboxylic acids is 1. The van der Waals surface area contributed by atoms with Crippen molar-refractivity contribution in [3.8, 4) is 6.07 Å². The molecule has 96 valence electrons. The molecule has 1 unspecified atom stereocenters. The highest BCUT2D eigenvalue weighted by Gasteiger charge is 2.10. The Morgan fingerprint density at radius 3 is 3.00 bits per heavy atom. The highest BCUT2D eigenvalue weighted by atomic mass is 16.5. The van der Waals surface area contributed by atoms with E-state index >= 15 is 0 Å². The first-order valence-corrected chi connectivity index (χ1v) is 5.37. The number of anilines is 1. The zero-order valence-corrected chi connectivity index (χ0v) is 10.0. The smallest absolute Gasteiger partial charge is 0.319 e. The van der Waals surface area contributed by atoms with Gasteiger partial charge in [-0.05, 0) is 18.2 Å². The fourth-order valence-corrected chi connectivity index (χ4v) is 1.36. The molecular formula is C12H15N3O3. The van der Waals surface area contributed by atoms with Crippen LogP contribution in [0.15, 0.2) is 24.3 Å². The molecule has 0 heterocycles. The summed E-state index contributed by atoms with van der Waals surface area (Å²) in [7, 11) is 1.48. The van der Waals surface area contributed by atoms with Gasteiger partial charge in [-0.15, -0.1) is 0 Å². The topological polar surface area (TPSA) is 94.4 Å². The van der Waals surface area contributed by atoms with Gasteiger partial charge in [-0.25, -0.2) is 4.79 Å². The van der Waals surface area contributed by atoms with E-state index in [0.717, 1.165) is 0 Å². The van der Waals surface area contributed by atoms with E-state index in [1.807, 2.05) is 6.07 Å². The maximum absolute atomic E-state index is 11.6. The lowest BCUT2D eigenvalue weighted by molar-refractivity contribution is 0.132. The molecule has 3 N–H and O–H groups in total. The van der Waals surface area contributed by atoms with Gasteiger partial charge in [0, 0.05) is 12.8 Å². The predicted molar refractivity (Wildman–Crippen MR) is 66.1 cm³/mol. The molecule has 0 fully saturated rings. The number of benzene rings is 1. The summed E-state index contributed by atoms with van der Waals surface area (Å²) in [6, 6.07) is 7.61. The molecule has 0 bridgehead atoms. The average molecular weight is 249 g/mol. The fraction of sp³-hybridized carbons (Fsp3) is 0.333. The minimum atomic E-state index is -0.464. The molecular weight excluding hydrogens is 234 g/mol. The molecule has 0 aliphatic carbocycles. The third-order valence-corrected chi connectivity index (χ3v) is 2.17. The number of nitrogens with zero attached hydrogens (tertiary/aromatic N) is 1. The molecule has 0 aliphatic heterocycles. The van der Waals surface area contributed by atoms with Crippen LogP contribution in [-0.4, -0.2) is 37.5 Å². The van der Waals surface area contributed by atoms with Gasteiger partial charge in [0.15, 0.2) is 0 Å². The highest BCUT2D eigenvalue weighted by molar-refractivity contribution is 5.89. The van der Waals surface area contributed by atoms with E-state index in [-0.39, 0.29) is 13.2 Å². The van der Waals surface area contributed by atoms with E-state index in [9.17, 15) is 4.79 Å². The first-order valence-electron chi connectivity index (χ1n) is 5.37. The standard InChI is InChI=1S/C12H15N3O3/c1-18-8-11(7-16)15-12(17)14-10-4-2-3-9(5-10)6-13/h2-5,11,16H,7-8H2,1H3,(H2,14,15,17). The van der Waals surface area contributed by atoms with Crippen molar-refractivity contribution >= 4 is 11.7 Å². The normalized spacial score (nSPS) is 11.4. The van der Waals surface area contributed by atoms with Crippen LogP contribution in [0.1, 0.15) is 5.56 Å². The molecule has 2 amide bonds. The van der Waals surface area contributed by atoms with Crippen LogP contribution in [0.25, 0.3) is 0 Å². The van der Waals surface area contributed by atoms with Gasteiger partial charge in [-0.1, -0.05) is 6.07 Å². The van der Waals surface area contributed by atoms with Gasteiger partial charge in [0.1, 0.15) is 0 Å². The number of hydrogen-bond donors (Lipinski definition) is 3. The van der Waals surface area contributed by atoms with Gasteiger partial charge < -0.3 is 20.5 Å². The molecule has 1 atom stereocenters. The summed E-state index contributed by atoms with van der Waals surface area (Å²) >= 11 is 0. The molecule has 0 saturated carbocycles. The van der Waals surface area contributed by atoms with E-state index in [0.29, 0.717) is 11.3 Å². The summed E-state index contributed by atoms with van der Waals surface area (Å²) in [5.41, 5.74) is 0.976. The van der Waals surface area contributed by atoms with E-state index in [1.165, 1.54) is 7.11 Å². The summed E-state index contributed by atoms with van der Waals surface area (Å²) in [5, 5.41) is 22.8. The van der Waals surface area contributed by atoms with Gasteiger partial charge >= 0.3 is 6.03 Å². The second-order valence-corrected chi connectivity index (χ2v) is 3.63. The number of urea groups is 1. The Kier molecular flexibility index (Phi) is 5.64. The Labute approximate surface area is 105 Å². The SMILES string of the molecule is COCC(CO)NC(=O)Nc1cccc(C#N)c1. The summed E-state index contributed by atoms with van der Waals surface area (Å²) in [5.74, 6) is 0. The van der Waals surface area contributed by atoms with E-state index < -0.39 is 12.1 Å². The van der Waals surface area contributed by atoms with Crippen molar-refractivity contribution < 1.29 is 14.6 Å². The van der Waals surface area contributed by atoms with E-state index in [2.05, 4.69) is 10.6 Å². The Bertz CT molecular complexity index is 442. The minimum absolute atomic E-state index is 0.209. The number of rotatable bonds is 5. The summed E-state index contributed by atoms with van der Waals surface area (Å²) in [4.78, 5) is 11.6. The second-order valence-electron chi connectivity index (χ2n) is 3.63. The van der Waals surface area contributed by atoms with Crippen LogP contribution in [0.2, 0.25) is 0 Å². The van der Waals surface area contributed by atoms with Crippen LogP contribution < -0.4 is 10.6 Å². The maximum Gasteiger partial charge on any atom is 0.319 e. The van der Waals surface area contributed by atoms with Crippen LogP contribution >= 0.6 is 0 Å². The number of nitrogens with one attached hydrogen (secondary N) is 2. The van der Waals surface area contributed by atoms with Crippen LogP contribution in [0.5, 0.6) is 0 Å². The van der Waals surface area contributed by atoms with Crippen LogP contribution in [-0.2, 0) is 4.74 Å². The zero-order valence-electron chi connectivity index (χ0n) is 10.0. The molecule has 18 heavy (non-hydrogen) atoms. The van der Waals surface area contributed by atoms with Crippen molar-refractivity contribution in [3.63, 3.8) is 0 Å². The highest BCUT2D eigenvalue weighted by Crippen LogP contribution is 2.09. The Hall–Kier alpha value is -2.10. The molecule has 0 radical (unpaired) electrons. The molecule has 0 spiro atoms. The number of carbonyl (C=O) groups is 1. The number of methoxy groups -OCH3 is 1. The lowest BCUT2D eigenvalue weighted by Gasteiger charge is -2.15. The van der Waals surface area contributed by atoms with Crippen molar-refractivity contribution in [2.45, 2.75) is 6.04 Å². The third-order valence-electron chi connectivity index (χ3n) is 2.17. The van der Waals surface area contributed by atoms with Crippen molar-refractivity contribution in [1.82, 2.24) is 5.32 Å². The van der Waals surface area contributed by atoms with Crippen LogP contribution in [0.4, 0.5) is 10.5 Å². The lowest BCUT2D eigenvalue weighted by Crippen LogP contribution is -2.42. The monoisotopic (exact) mass is 249 g/mol. The predicted octanol–water partition coefficient (Wildman–Crippen LogP) is 0.687. The molecule has 0 aromatic heterocycles. The third kappa shape index (κ3) is 4.41. The first-order chi connectivity index (χ1) is 8.69. The Balaban J connectivity index is 2.56. The molecule has 6 nitrogen and oxygen atoms in total. The zero-order chi connectivity index (χ0) is 13.4. The fourth-order valence-electron chi connectivity index (χ4n) is 1.36. The quantitative estimate of drug-likeness (QED) is 0.715. The van der Waals surface area contributed by atoms with Crippen molar-refractivity contribution in [1.29, 1.82) is 5.26 Å². The number of ether oxygens (including phenoxy) is 1. The molecule has 0 saturated heterocycles. The number of aliphatic hydroxyl groups is 1. The van der Waals surface area contributed by atoms with E-state index in [1.54, 1.807) is 24.3 Å². The van der Waals surface area contributed by atoms with Gasteiger partial charge in [-0.3, -0.25) is 0 Å². The molecule has 1 aromatic rings. The minimum Gasteiger partial charge on any atom is -0.394 e.